The Morgan fingerprint density at radius 2 is 2.25 bits per heavy atom. The molecule has 2 rings (SSSR count). The van der Waals surface area contributed by atoms with Gasteiger partial charge in [-0.25, -0.2) is 4.98 Å². The van der Waals surface area contributed by atoms with E-state index >= 15 is 0 Å². The van der Waals surface area contributed by atoms with Crippen LogP contribution in [-0.4, -0.2) is 18.1 Å². The van der Waals surface area contributed by atoms with Gasteiger partial charge in [-0.05, 0) is 59.7 Å². The Morgan fingerprint density at radius 1 is 1.50 bits per heavy atom. The van der Waals surface area contributed by atoms with E-state index in [-0.39, 0.29) is 0 Å². The minimum atomic E-state index is 0.903. The summed E-state index contributed by atoms with van der Waals surface area (Å²) in [5.74, 6) is 2.02. The Hall–Kier alpha value is -0.570. The van der Waals surface area contributed by atoms with Gasteiger partial charge in [-0.1, -0.05) is 6.92 Å². The molecule has 0 aromatic carbocycles. The van der Waals surface area contributed by atoms with Crippen LogP contribution in [0, 0.1) is 12.8 Å². The molecule has 0 radical (unpaired) electrons. The molecule has 1 fully saturated rings. The van der Waals surface area contributed by atoms with E-state index in [4.69, 9.17) is 0 Å². The van der Waals surface area contributed by atoms with Crippen LogP contribution in [0.1, 0.15) is 31.7 Å². The van der Waals surface area contributed by atoms with Gasteiger partial charge >= 0.3 is 0 Å². The molecule has 1 saturated carbocycles. The first kappa shape index (κ1) is 11.9. The second kappa shape index (κ2) is 5.17. The Morgan fingerprint density at radius 3 is 2.88 bits per heavy atom. The van der Waals surface area contributed by atoms with Crippen molar-refractivity contribution in [2.24, 2.45) is 5.92 Å². The number of nitrogens with zero attached hydrogens (tertiary/aromatic N) is 2. The molecule has 16 heavy (non-hydrogen) atoms. The van der Waals surface area contributed by atoms with E-state index in [2.05, 4.69) is 45.7 Å². The van der Waals surface area contributed by atoms with Crippen molar-refractivity contribution in [2.45, 2.75) is 33.1 Å². The molecule has 0 atom stereocenters. The average molecular weight is 283 g/mol. The van der Waals surface area contributed by atoms with E-state index in [1.807, 2.05) is 6.20 Å². The lowest BCUT2D eigenvalue weighted by molar-refractivity contribution is 0.697. The van der Waals surface area contributed by atoms with Crippen LogP contribution >= 0.6 is 15.9 Å². The Labute approximate surface area is 106 Å². The molecule has 0 bridgehead atoms. The van der Waals surface area contributed by atoms with E-state index in [9.17, 15) is 0 Å². The monoisotopic (exact) mass is 282 g/mol. The van der Waals surface area contributed by atoms with Gasteiger partial charge in [0.2, 0.25) is 0 Å². The second-order valence-electron chi connectivity index (χ2n) is 4.65. The first-order valence-electron chi connectivity index (χ1n) is 6.08. The maximum atomic E-state index is 4.52. The van der Waals surface area contributed by atoms with Crippen LogP contribution < -0.4 is 4.90 Å². The highest BCUT2D eigenvalue weighted by atomic mass is 79.9. The van der Waals surface area contributed by atoms with Crippen molar-refractivity contribution in [2.75, 3.05) is 18.0 Å². The van der Waals surface area contributed by atoms with Crippen molar-refractivity contribution in [3.05, 3.63) is 22.3 Å². The first-order chi connectivity index (χ1) is 7.72. The molecule has 1 aromatic heterocycles. The maximum absolute atomic E-state index is 4.52. The summed E-state index contributed by atoms with van der Waals surface area (Å²) in [4.78, 5) is 6.94. The van der Waals surface area contributed by atoms with Crippen LogP contribution in [0.2, 0.25) is 0 Å². The van der Waals surface area contributed by atoms with Crippen molar-refractivity contribution < 1.29 is 0 Å². The fourth-order valence-corrected chi connectivity index (χ4v) is 2.40. The van der Waals surface area contributed by atoms with E-state index in [1.165, 1.54) is 31.4 Å². The normalized spacial score (nSPS) is 15.2. The van der Waals surface area contributed by atoms with Gasteiger partial charge in [0.15, 0.2) is 0 Å². The minimum Gasteiger partial charge on any atom is -0.355 e. The van der Waals surface area contributed by atoms with Gasteiger partial charge in [0, 0.05) is 19.3 Å². The lowest BCUT2D eigenvalue weighted by atomic mass is 10.2. The SMILES string of the molecule is CCCN(CC1CC1)c1nccc(C)c1Br. The zero-order chi connectivity index (χ0) is 11.5. The summed E-state index contributed by atoms with van der Waals surface area (Å²) in [6.07, 6.45) is 5.87. The van der Waals surface area contributed by atoms with Gasteiger partial charge in [-0.2, -0.15) is 0 Å². The average Bonchev–Trinajstić information content (AvgIpc) is 3.06. The molecule has 0 spiro atoms. The lowest BCUT2D eigenvalue weighted by Gasteiger charge is -2.24. The number of hydrogen-bond donors (Lipinski definition) is 0. The van der Waals surface area contributed by atoms with Gasteiger partial charge in [0.05, 0.1) is 4.47 Å². The maximum Gasteiger partial charge on any atom is 0.143 e. The van der Waals surface area contributed by atoms with E-state index in [0.29, 0.717) is 0 Å². The molecule has 1 aliphatic carbocycles. The largest absolute Gasteiger partial charge is 0.355 e. The van der Waals surface area contributed by atoms with E-state index in [0.717, 1.165) is 22.8 Å². The fourth-order valence-electron chi connectivity index (χ4n) is 1.91. The third kappa shape index (κ3) is 2.76. The molecule has 88 valence electrons. The summed E-state index contributed by atoms with van der Waals surface area (Å²) in [6.45, 7) is 6.62. The van der Waals surface area contributed by atoms with Crippen LogP contribution in [0.5, 0.6) is 0 Å². The van der Waals surface area contributed by atoms with Crippen molar-refractivity contribution in [1.82, 2.24) is 4.98 Å². The standard InChI is InChI=1S/C13H19BrN2/c1-3-8-16(9-11-4-5-11)13-12(14)10(2)6-7-15-13/h6-7,11H,3-5,8-9H2,1-2H3. The second-order valence-corrected chi connectivity index (χ2v) is 5.45. The highest BCUT2D eigenvalue weighted by Gasteiger charge is 2.25. The molecular formula is C13H19BrN2. The zero-order valence-electron chi connectivity index (χ0n) is 10.0. The number of rotatable bonds is 5. The summed E-state index contributed by atoms with van der Waals surface area (Å²) in [6, 6.07) is 2.05. The molecule has 0 N–H and O–H groups in total. The predicted octanol–water partition coefficient (Wildman–Crippen LogP) is 3.78. The number of anilines is 1. The summed E-state index contributed by atoms with van der Waals surface area (Å²) < 4.78 is 1.16. The highest BCUT2D eigenvalue weighted by molar-refractivity contribution is 9.10. The van der Waals surface area contributed by atoms with Gasteiger partial charge in [0.25, 0.3) is 0 Å². The summed E-state index contributed by atoms with van der Waals surface area (Å²) >= 11 is 3.66. The third-order valence-electron chi connectivity index (χ3n) is 3.03. The van der Waals surface area contributed by atoms with Crippen molar-refractivity contribution in [3.8, 4) is 0 Å². The quantitative estimate of drug-likeness (QED) is 0.817. The smallest absolute Gasteiger partial charge is 0.143 e. The van der Waals surface area contributed by atoms with Gasteiger partial charge < -0.3 is 4.90 Å². The summed E-state index contributed by atoms with van der Waals surface area (Å²) in [5.41, 5.74) is 1.27. The zero-order valence-corrected chi connectivity index (χ0v) is 11.6. The van der Waals surface area contributed by atoms with Crippen molar-refractivity contribution in [1.29, 1.82) is 0 Å². The van der Waals surface area contributed by atoms with Crippen LogP contribution in [0.25, 0.3) is 0 Å². The molecule has 0 amide bonds. The Kier molecular flexibility index (Phi) is 3.85. The number of pyridine rings is 1. The van der Waals surface area contributed by atoms with Crippen molar-refractivity contribution >= 4 is 21.7 Å². The van der Waals surface area contributed by atoms with Crippen LogP contribution in [0.15, 0.2) is 16.7 Å². The number of aromatic nitrogens is 1. The van der Waals surface area contributed by atoms with Gasteiger partial charge in [-0.15, -0.1) is 0 Å². The molecule has 2 nitrogen and oxygen atoms in total. The van der Waals surface area contributed by atoms with Crippen LogP contribution in [-0.2, 0) is 0 Å². The van der Waals surface area contributed by atoms with E-state index < -0.39 is 0 Å². The Bertz CT molecular complexity index is 361. The molecule has 1 heterocycles. The first-order valence-corrected chi connectivity index (χ1v) is 6.87. The molecule has 1 aliphatic rings. The van der Waals surface area contributed by atoms with E-state index in [1.54, 1.807) is 0 Å². The lowest BCUT2D eigenvalue weighted by Crippen LogP contribution is -2.27. The van der Waals surface area contributed by atoms with Crippen LogP contribution in [0.4, 0.5) is 5.82 Å². The molecular weight excluding hydrogens is 264 g/mol. The Balaban J connectivity index is 2.18. The molecule has 0 aliphatic heterocycles. The summed E-state index contributed by atoms with van der Waals surface area (Å²) in [5, 5.41) is 0. The highest BCUT2D eigenvalue weighted by Crippen LogP contribution is 2.33. The van der Waals surface area contributed by atoms with Crippen molar-refractivity contribution in [3.63, 3.8) is 0 Å². The molecule has 3 heteroatoms. The third-order valence-corrected chi connectivity index (χ3v) is 4.01. The minimum absolute atomic E-state index is 0.903. The molecule has 0 saturated heterocycles. The fraction of sp³-hybridized carbons (Fsp3) is 0.615. The molecule has 0 unspecified atom stereocenters. The molecule has 1 aromatic rings. The number of halogens is 1. The van der Waals surface area contributed by atoms with Gasteiger partial charge in [0.1, 0.15) is 5.82 Å². The number of hydrogen-bond acceptors (Lipinski definition) is 2. The topological polar surface area (TPSA) is 16.1 Å². The number of aryl methyl sites for hydroxylation is 1. The predicted molar refractivity (Wildman–Crippen MR) is 71.9 cm³/mol. The summed E-state index contributed by atoms with van der Waals surface area (Å²) in [7, 11) is 0. The van der Waals surface area contributed by atoms with Gasteiger partial charge in [-0.3, -0.25) is 0 Å². The van der Waals surface area contributed by atoms with Crippen LogP contribution in [0.3, 0.4) is 0 Å².